The Hall–Kier alpha value is -1.89. The molecule has 1 radical (unpaired) electrons. The third-order valence-electron chi connectivity index (χ3n) is 4.24. The van der Waals surface area contributed by atoms with Crippen LogP contribution in [0.3, 0.4) is 0 Å². The van der Waals surface area contributed by atoms with E-state index in [-0.39, 0.29) is 32.7 Å². The SMILES string of the molecule is [CH2-]/C=C(/c1ccccc1)c1[c-]ccc2cc3ccccc3cc12.[Y]. The average Bonchev–Trinajstić information content (AvgIpc) is 2.62. The molecule has 0 nitrogen and oxygen atoms in total. The van der Waals surface area contributed by atoms with E-state index in [0.717, 1.165) is 11.1 Å². The maximum absolute atomic E-state index is 4.03. The molecule has 0 aliphatic heterocycles. The zero-order valence-corrected chi connectivity index (χ0v) is 16.2. The first-order valence-electron chi connectivity index (χ1n) is 7.75. The summed E-state index contributed by atoms with van der Waals surface area (Å²) in [6.07, 6.45) is 1.93. The fourth-order valence-corrected chi connectivity index (χ4v) is 3.11. The van der Waals surface area contributed by atoms with E-state index in [9.17, 15) is 0 Å². The van der Waals surface area contributed by atoms with E-state index in [1.54, 1.807) is 0 Å². The zero-order chi connectivity index (χ0) is 15.6. The molecule has 0 saturated carbocycles. The van der Waals surface area contributed by atoms with Gasteiger partial charge in [-0.15, -0.1) is 40.1 Å². The normalized spacial score (nSPS) is 11.4. The molecular formula is C23H16Y-2. The molecule has 4 aromatic carbocycles. The van der Waals surface area contributed by atoms with Crippen LogP contribution in [0.2, 0.25) is 0 Å². The molecule has 0 aliphatic carbocycles. The first-order chi connectivity index (χ1) is 11.4. The number of hydrogen-bond acceptors (Lipinski definition) is 0. The van der Waals surface area contributed by atoms with Crippen molar-refractivity contribution in [3.63, 3.8) is 0 Å². The van der Waals surface area contributed by atoms with E-state index in [1.165, 1.54) is 27.1 Å². The van der Waals surface area contributed by atoms with Gasteiger partial charge < -0.3 is 0 Å². The molecule has 4 aromatic rings. The van der Waals surface area contributed by atoms with Crippen LogP contribution >= 0.6 is 0 Å². The summed E-state index contributed by atoms with van der Waals surface area (Å²) in [4.78, 5) is 0. The second kappa shape index (κ2) is 7.34. The Bertz CT molecular complexity index is 1010. The number of benzene rings is 4. The third-order valence-corrected chi connectivity index (χ3v) is 4.24. The molecule has 0 spiro atoms. The predicted octanol–water partition coefficient (Wildman–Crippen LogP) is 6.06. The van der Waals surface area contributed by atoms with Crippen LogP contribution in [0.1, 0.15) is 11.1 Å². The standard InChI is InChI=1S/C23H16.Y/c1-2-21(17-9-4-3-5-10-17)22-14-8-13-20-15-18-11-6-7-12-19(18)16-23(20)22;/h2-13,15-16H,1H2;/q-2;/b21-2-;. The van der Waals surface area contributed by atoms with Crippen molar-refractivity contribution in [3.05, 3.63) is 109 Å². The van der Waals surface area contributed by atoms with Gasteiger partial charge in [-0.05, 0) is 10.8 Å². The van der Waals surface area contributed by atoms with Crippen molar-refractivity contribution in [2.24, 2.45) is 0 Å². The first-order valence-corrected chi connectivity index (χ1v) is 7.75. The van der Waals surface area contributed by atoms with Crippen molar-refractivity contribution in [3.8, 4) is 0 Å². The summed E-state index contributed by atoms with van der Waals surface area (Å²) in [5.41, 5.74) is 3.39. The van der Waals surface area contributed by atoms with Crippen molar-refractivity contribution in [1.29, 1.82) is 0 Å². The zero-order valence-electron chi connectivity index (χ0n) is 13.4. The molecule has 0 N–H and O–H groups in total. The minimum Gasteiger partial charge on any atom is -0.236 e. The summed E-state index contributed by atoms with van der Waals surface area (Å²) < 4.78 is 0. The Balaban J connectivity index is 0.00000169. The van der Waals surface area contributed by atoms with Gasteiger partial charge in [0.05, 0.1) is 0 Å². The Kier molecular flexibility index (Phi) is 5.19. The molecule has 0 atom stereocenters. The van der Waals surface area contributed by atoms with E-state index in [4.69, 9.17) is 0 Å². The summed E-state index contributed by atoms with van der Waals surface area (Å²) in [7, 11) is 0. The molecule has 0 heterocycles. The number of rotatable bonds is 2. The third kappa shape index (κ3) is 3.05. The summed E-state index contributed by atoms with van der Waals surface area (Å²) in [5, 5.41) is 4.95. The van der Waals surface area contributed by atoms with Gasteiger partial charge in [0.2, 0.25) is 0 Å². The largest absolute Gasteiger partial charge is 0.236 e. The van der Waals surface area contributed by atoms with E-state index in [2.05, 4.69) is 79.7 Å². The average molecular weight is 381 g/mol. The molecule has 24 heavy (non-hydrogen) atoms. The fraction of sp³-hybridized carbons (Fsp3) is 0. The van der Waals surface area contributed by atoms with E-state index in [1.807, 2.05) is 18.2 Å². The fourth-order valence-electron chi connectivity index (χ4n) is 3.11. The molecule has 0 amide bonds. The van der Waals surface area contributed by atoms with Crippen LogP contribution in [0, 0.1) is 13.0 Å². The Morgan fingerprint density at radius 2 is 1.46 bits per heavy atom. The minimum atomic E-state index is 0. The maximum Gasteiger partial charge on any atom is 0 e. The van der Waals surface area contributed by atoms with Crippen molar-refractivity contribution >= 4 is 27.1 Å². The molecule has 0 unspecified atom stereocenters. The second-order valence-corrected chi connectivity index (χ2v) is 5.62. The van der Waals surface area contributed by atoms with Gasteiger partial charge in [-0.25, -0.2) is 6.92 Å². The van der Waals surface area contributed by atoms with Crippen molar-refractivity contribution < 1.29 is 32.7 Å². The van der Waals surface area contributed by atoms with E-state index >= 15 is 0 Å². The van der Waals surface area contributed by atoms with Gasteiger partial charge in [-0.3, -0.25) is 0 Å². The van der Waals surface area contributed by atoms with Gasteiger partial charge in [-0.1, -0.05) is 72.3 Å². The Morgan fingerprint density at radius 3 is 2.17 bits per heavy atom. The second-order valence-electron chi connectivity index (χ2n) is 5.62. The van der Waals surface area contributed by atoms with Crippen LogP contribution in [0.4, 0.5) is 0 Å². The van der Waals surface area contributed by atoms with Gasteiger partial charge >= 0.3 is 0 Å². The van der Waals surface area contributed by atoms with Gasteiger partial charge in [0, 0.05) is 32.7 Å². The summed E-state index contributed by atoms with van der Waals surface area (Å²) in [6.45, 7) is 4.03. The molecule has 113 valence electrons. The van der Waals surface area contributed by atoms with Gasteiger partial charge in [0.15, 0.2) is 0 Å². The smallest absolute Gasteiger partial charge is 0 e. The van der Waals surface area contributed by atoms with Crippen molar-refractivity contribution in [2.75, 3.05) is 0 Å². The van der Waals surface area contributed by atoms with E-state index < -0.39 is 0 Å². The van der Waals surface area contributed by atoms with Crippen LogP contribution in [-0.2, 0) is 32.7 Å². The summed E-state index contributed by atoms with van der Waals surface area (Å²) in [6, 6.07) is 30.9. The van der Waals surface area contributed by atoms with Crippen LogP contribution < -0.4 is 0 Å². The Labute approximate surface area is 168 Å². The molecule has 0 fully saturated rings. The van der Waals surface area contributed by atoms with Crippen molar-refractivity contribution in [2.45, 2.75) is 0 Å². The van der Waals surface area contributed by atoms with Gasteiger partial charge in [0.1, 0.15) is 0 Å². The molecule has 0 bridgehead atoms. The van der Waals surface area contributed by atoms with Crippen LogP contribution in [0.5, 0.6) is 0 Å². The Morgan fingerprint density at radius 1 is 0.792 bits per heavy atom. The molecule has 1 heteroatoms. The van der Waals surface area contributed by atoms with Gasteiger partial charge in [0.25, 0.3) is 0 Å². The molecule has 0 aromatic heterocycles. The predicted molar refractivity (Wildman–Crippen MR) is 99.2 cm³/mol. The number of hydrogen-bond donors (Lipinski definition) is 0. The van der Waals surface area contributed by atoms with E-state index in [0.29, 0.717) is 0 Å². The monoisotopic (exact) mass is 381 g/mol. The summed E-state index contributed by atoms with van der Waals surface area (Å²) >= 11 is 0. The number of allylic oxidation sites excluding steroid dienone is 1. The quantitative estimate of drug-likeness (QED) is 0.293. The summed E-state index contributed by atoms with van der Waals surface area (Å²) in [5.74, 6) is 0. The van der Waals surface area contributed by atoms with Crippen LogP contribution in [0.25, 0.3) is 27.1 Å². The maximum atomic E-state index is 4.03. The molecule has 0 saturated heterocycles. The van der Waals surface area contributed by atoms with Gasteiger partial charge in [-0.2, -0.15) is 6.08 Å². The van der Waals surface area contributed by atoms with Crippen LogP contribution in [-0.4, -0.2) is 0 Å². The minimum absolute atomic E-state index is 0. The molecule has 4 rings (SSSR count). The van der Waals surface area contributed by atoms with Crippen molar-refractivity contribution in [1.82, 2.24) is 0 Å². The molecule has 0 aliphatic rings. The topological polar surface area (TPSA) is 0 Å². The molecular weight excluding hydrogens is 365 g/mol. The number of fused-ring (bicyclic) bond motifs is 2. The van der Waals surface area contributed by atoms with Crippen LogP contribution in [0.15, 0.2) is 84.9 Å². The first kappa shape index (κ1) is 17.0.